The molecule has 0 spiro atoms. The lowest BCUT2D eigenvalue weighted by Gasteiger charge is -2.30. The van der Waals surface area contributed by atoms with Crippen LogP contribution in [0.25, 0.3) is 10.9 Å². The predicted octanol–water partition coefficient (Wildman–Crippen LogP) is 6.10. The monoisotopic (exact) mass is 522 g/mol. The zero-order valence-electron chi connectivity index (χ0n) is 21.2. The molecule has 6 nitrogen and oxygen atoms in total. The molecule has 3 amide bonds. The van der Waals surface area contributed by atoms with Crippen LogP contribution in [0.3, 0.4) is 0 Å². The number of aromatic nitrogens is 1. The molecule has 0 bridgehead atoms. The fourth-order valence-electron chi connectivity index (χ4n) is 4.21. The Morgan fingerprint density at radius 2 is 1.66 bits per heavy atom. The summed E-state index contributed by atoms with van der Waals surface area (Å²) in [7, 11) is 0. The number of para-hydroxylation sites is 1. The number of amides is 3. The molecule has 0 unspecified atom stereocenters. The van der Waals surface area contributed by atoms with Gasteiger partial charge in [0.15, 0.2) is 0 Å². The molecular formula is C29H29F3N4O2. The summed E-state index contributed by atoms with van der Waals surface area (Å²) in [5.41, 5.74) is 2.60. The number of nitrogens with zero attached hydrogens (tertiary/aromatic N) is 2. The van der Waals surface area contributed by atoms with Gasteiger partial charge in [-0.25, -0.2) is 18.0 Å². The van der Waals surface area contributed by atoms with E-state index in [0.717, 1.165) is 34.2 Å². The molecule has 0 aliphatic rings. The lowest BCUT2D eigenvalue weighted by atomic mass is 10.1. The van der Waals surface area contributed by atoms with Crippen molar-refractivity contribution in [1.82, 2.24) is 14.8 Å². The minimum absolute atomic E-state index is 0.183. The molecule has 0 saturated carbocycles. The van der Waals surface area contributed by atoms with Crippen molar-refractivity contribution < 1.29 is 22.8 Å². The molecule has 0 radical (unpaired) electrons. The van der Waals surface area contributed by atoms with Gasteiger partial charge >= 0.3 is 6.03 Å². The number of carbonyl (C=O) groups excluding carboxylic acids is 2. The van der Waals surface area contributed by atoms with Crippen LogP contribution >= 0.6 is 0 Å². The van der Waals surface area contributed by atoms with Gasteiger partial charge in [-0.1, -0.05) is 30.3 Å². The summed E-state index contributed by atoms with van der Waals surface area (Å²) < 4.78 is 40.8. The first-order chi connectivity index (χ1) is 18.2. The topological polar surface area (TPSA) is 68.4 Å². The summed E-state index contributed by atoms with van der Waals surface area (Å²) in [6, 6.07) is 15.6. The molecule has 38 heavy (non-hydrogen) atoms. The van der Waals surface area contributed by atoms with Crippen LogP contribution in [0.2, 0.25) is 0 Å². The summed E-state index contributed by atoms with van der Waals surface area (Å²) in [5, 5.41) is 3.48. The van der Waals surface area contributed by atoms with Crippen molar-refractivity contribution >= 4 is 28.5 Å². The fourth-order valence-corrected chi connectivity index (χ4v) is 4.21. The third-order valence-corrected chi connectivity index (χ3v) is 6.33. The molecule has 0 fully saturated rings. The largest absolute Gasteiger partial charge is 0.361 e. The number of nitrogens with one attached hydrogen (secondary N) is 2. The minimum atomic E-state index is -0.912. The van der Waals surface area contributed by atoms with Gasteiger partial charge in [0.1, 0.15) is 24.0 Å². The predicted molar refractivity (Wildman–Crippen MR) is 141 cm³/mol. The van der Waals surface area contributed by atoms with E-state index in [-0.39, 0.29) is 36.5 Å². The summed E-state index contributed by atoms with van der Waals surface area (Å²) in [5.74, 6) is -2.37. The Kier molecular flexibility index (Phi) is 8.35. The number of fused-ring (bicyclic) bond motifs is 1. The maximum absolute atomic E-state index is 14.1. The van der Waals surface area contributed by atoms with Gasteiger partial charge in [-0.15, -0.1) is 0 Å². The third-order valence-electron chi connectivity index (χ3n) is 6.33. The standard InChI is InChI=1S/C29H29F3N4O2/c1-19(2)36(29(38)34-27-12-11-23(31)15-25(27)32)18-28(37)35(17-20-7-9-22(30)10-8-20)14-13-21-16-33-26-6-4-3-5-24(21)26/h3-12,15-16,19,33H,13-14,17-18H2,1-2H3,(H,34,38). The van der Waals surface area contributed by atoms with E-state index in [1.54, 1.807) is 30.9 Å². The van der Waals surface area contributed by atoms with Gasteiger partial charge in [-0.2, -0.15) is 0 Å². The summed E-state index contributed by atoms with van der Waals surface area (Å²) in [4.78, 5) is 32.6. The van der Waals surface area contributed by atoms with E-state index in [4.69, 9.17) is 0 Å². The second-order valence-electron chi connectivity index (χ2n) is 9.33. The van der Waals surface area contributed by atoms with Crippen LogP contribution < -0.4 is 5.32 Å². The molecule has 2 N–H and O–H groups in total. The molecule has 1 aromatic heterocycles. The number of carbonyl (C=O) groups is 2. The van der Waals surface area contributed by atoms with E-state index < -0.39 is 17.7 Å². The van der Waals surface area contributed by atoms with Crippen LogP contribution in [0.1, 0.15) is 25.0 Å². The second-order valence-corrected chi connectivity index (χ2v) is 9.33. The van der Waals surface area contributed by atoms with Crippen molar-refractivity contribution in [2.75, 3.05) is 18.4 Å². The lowest BCUT2D eigenvalue weighted by Crippen LogP contribution is -2.47. The highest BCUT2D eigenvalue weighted by molar-refractivity contribution is 5.92. The second kappa shape index (κ2) is 11.9. The van der Waals surface area contributed by atoms with Crippen molar-refractivity contribution in [2.24, 2.45) is 0 Å². The highest BCUT2D eigenvalue weighted by Crippen LogP contribution is 2.20. The van der Waals surface area contributed by atoms with Gasteiger partial charge in [0, 0.05) is 42.3 Å². The average Bonchev–Trinajstić information content (AvgIpc) is 3.30. The van der Waals surface area contributed by atoms with Crippen molar-refractivity contribution in [3.8, 4) is 0 Å². The van der Waals surface area contributed by atoms with E-state index in [1.165, 1.54) is 17.0 Å². The molecule has 3 aromatic carbocycles. The van der Waals surface area contributed by atoms with Gasteiger partial charge in [0.25, 0.3) is 0 Å². The molecule has 4 aromatic rings. The van der Waals surface area contributed by atoms with Crippen molar-refractivity contribution in [1.29, 1.82) is 0 Å². The Labute approximate surface area is 219 Å². The zero-order chi connectivity index (χ0) is 27.2. The number of urea groups is 1. The molecule has 9 heteroatoms. The molecule has 0 atom stereocenters. The molecule has 0 saturated heterocycles. The SMILES string of the molecule is CC(C)N(CC(=O)N(CCc1c[nH]c2ccccc12)Cc1ccc(F)cc1)C(=O)Nc1ccc(F)cc1F. The highest BCUT2D eigenvalue weighted by atomic mass is 19.1. The summed E-state index contributed by atoms with van der Waals surface area (Å²) in [6.45, 7) is 3.80. The van der Waals surface area contributed by atoms with E-state index >= 15 is 0 Å². The number of rotatable bonds is 9. The van der Waals surface area contributed by atoms with Crippen LogP contribution in [0.5, 0.6) is 0 Å². The first-order valence-electron chi connectivity index (χ1n) is 12.3. The highest BCUT2D eigenvalue weighted by Gasteiger charge is 2.25. The Morgan fingerprint density at radius 1 is 0.947 bits per heavy atom. The number of hydrogen-bond donors (Lipinski definition) is 2. The molecular weight excluding hydrogens is 493 g/mol. The number of benzene rings is 3. The molecule has 0 aliphatic carbocycles. The minimum Gasteiger partial charge on any atom is -0.361 e. The first-order valence-corrected chi connectivity index (χ1v) is 12.3. The summed E-state index contributed by atoms with van der Waals surface area (Å²) in [6.07, 6.45) is 2.47. The number of hydrogen-bond acceptors (Lipinski definition) is 2. The van der Waals surface area contributed by atoms with Crippen LogP contribution in [0, 0.1) is 17.5 Å². The van der Waals surface area contributed by atoms with Crippen LogP contribution in [0.4, 0.5) is 23.7 Å². The average molecular weight is 523 g/mol. The van der Waals surface area contributed by atoms with E-state index in [1.807, 2.05) is 30.5 Å². The maximum atomic E-state index is 14.1. The van der Waals surface area contributed by atoms with E-state index in [9.17, 15) is 22.8 Å². The van der Waals surface area contributed by atoms with Gasteiger partial charge in [-0.3, -0.25) is 4.79 Å². The Bertz CT molecular complexity index is 1420. The van der Waals surface area contributed by atoms with E-state index in [0.29, 0.717) is 19.0 Å². The fraction of sp³-hybridized carbons (Fsp3) is 0.241. The van der Waals surface area contributed by atoms with Gasteiger partial charge in [0.2, 0.25) is 5.91 Å². The Morgan fingerprint density at radius 3 is 2.37 bits per heavy atom. The maximum Gasteiger partial charge on any atom is 0.322 e. The lowest BCUT2D eigenvalue weighted by molar-refractivity contribution is -0.132. The van der Waals surface area contributed by atoms with Crippen molar-refractivity contribution in [3.63, 3.8) is 0 Å². The number of anilines is 1. The third kappa shape index (κ3) is 6.53. The van der Waals surface area contributed by atoms with Crippen LogP contribution in [-0.4, -0.2) is 45.9 Å². The molecule has 198 valence electrons. The molecule has 0 aliphatic heterocycles. The number of halogens is 3. The quantitative estimate of drug-likeness (QED) is 0.279. The summed E-state index contributed by atoms with van der Waals surface area (Å²) >= 11 is 0. The van der Waals surface area contributed by atoms with Crippen LogP contribution in [0.15, 0.2) is 72.9 Å². The number of H-pyrrole nitrogens is 1. The molecule has 4 rings (SSSR count). The van der Waals surface area contributed by atoms with Gasteiger partial charge in [-0.05, 0) is 61.7 Å². The zero-order valence-corrected chi connectivity index (χ0v) is 21.2. The number of aromatic amines is 1. The smallest absolute Gasteiger partial charge is 0.322 e. The van der Waals surface area contributed by atoms with Gasteiger partial charge in [0.05, 0.1) is 5.69 Å². The van der Waals surface area contributed by atoms with Crippen LogP contribution in [-0.2, 0) is 17.8 Å². The first kappa shape index (κ1) is 26.8. The van der Waals surface area contributed by atoms with E-state index in [2.05, 4.69) is 10.3 Å². The van der Waals surface area contributed by atoms with Gasteiger partial charge < -0.3 is 20.1 Å². The Hall–Kier alpha value is -4.27. The van der Waals surface area contributed by atoms with Crippen molar-refractivity contribution in [2.45, 2.75) is 32.9 Å². The molecule has 1 heterocycles. The Balaban J connectivity index is 1.51. The van der Waals surface area contributed by atoms with Crippen molar-refractivity contribution in [3.05, 3.63) is 102 Å². The normalized spacial score (nSPS) is 11.1.